The van der Waals surface area contributed by atoms with Gasteiger partial charge in [0.1, 0.15) is 0 Å². The molecule has 0 unspecified atom stereocenters. The highest BCUT2D eigenvalue weighted by Gasteiger charge is 2.01. The number of rotatable bonds is 8. The molecule has 0 aromatic carbocycles. The van der Waals surface area contributed by atoms with E-state index >= 15 is 0 Å². The van der Waals surface area contributed by atoms with Crippen molar-refractivity contribution in [2.75, 3.05) is 6.54 Å². The predicted octanol–water partition coefficient (Wildman–Crippen LogP) is 1.99. The van der Waals surface area contributed by atoms with Gasteiger partial charge in [-0.05, 0) is 6.42 Å². The molecule has 0 saturated carbocycles. The van der Waals surface area contributed by atoms with Crippen molar-refractivity contribution in [2.24, 2.45) is 11.6 Å². The fourth-order valence-electron chi connectivity index (χ4n) is 1.35. The lowest BCUT2D eigenvalue weighted by Crippen LogP contribution is -2.41. The summed E-state index contributed by atoms with van der Waals surface area (Å²) < 4.78 is 0. The van der Waals surface area contributed by atoms with Crippen molar-refractivity contribution in [3.8, 4) is 0 Å². The van der Waals surface area contributed by atoms with Gasteiger partial charge >= 0.3 is 6.03 Å². The highest BCUT2D eigenvalue weighted by Crippen LogP contribution is 2.06. The van der Waals surface area contributed by atoms with Gasteiger partial charge in [-0.3, -0.25) is 5.01 Å². The number of hydrogen-bond donors (Lipinski definition) is 2. The van der Waals surface area contributed by atoms with Gasteiger partial charge in [0.2, 0.25) is 0 Å². The first kappa shape index (κ1) is 13.2. The maximum Gasteiger partial charge on any atom is 0.328 e. The minimum Gasteiger partial charge on any atom is -0.350 e. The zero-order valence-electron chi connectivity index (χ0n) is 9.17. The van der Waals surface area contributed by atoms with Crippen molar-refractivity contribution in [2.45, 2.75) is 51.9 Å². The Labute approximate surface area is 86.6 Å². The lowest BCUT2D eigenvalue weighted by Gasteiger charge is -2.12. The molecule has 0 rings (SSSR count). The normalized spacial score (nSPS) is 10.1. The standard InChI is InChI=1S/C10H23N3O/c1-2-3-4-5-6-7-8-9-13(12)10(11)14/h2-9,12H2,1H3,(H2,11,14). The quantitative estimate of drug-likeness (QED) is 0.273. The van der Waals surface area contributed by atoms with Crippen LogP contribution in [0.3, 0.4) is 0 Å². The van der Waals surface area contributed by atoms with E-state index in [2.05, 4.69) is 6.92 Å². The molecule has 4 nitrogen and oxygen atoms in total. The number of carbonyl (C=O) groups is 1. The molecule has 4 heteroatoms. The van der Waals surface area contributed by atoms with Crippen LogP contribution in [0.15, 0.2) is 0 Å². The zero-order valence-corrected chi connectivity index (χ0v) is 9.17. The molecule has 14 heavy (non-hydrogen) atoms. The van der Waals surface area contributed by atoms with Crippen molar-refractivity contribution in [1.29, 1.82) is 0 Å². The van der Waals surface area contributed by atoms with E-state index in [0.29, 0.717) is 6.54 Å². The Morgan fingerprint density at radius 1 is 1.07 bits per heavy atom. The molecule has 0 saturated heterocycles. The smallest absolute Gasteiger partial charge is 0.328 e. The maximum absolute atomic E-state index is 10.5. The third-order valence-corrected chi connectivity index (χ3v) is 2.29. The Morgan fingerprint density at radius 3 is 2.07 bits per heavy atom. The molecule has 0 bridgehead atoms. The summed E-state index contributed by atoms with van der Waals surface area (Å²) >= 11 is 0. The van der Waals surface area contributed by atoms with E-state index in [1.807, 2.05) is 0 Å². The molecule has 4 N–H and O–H groups in total. The van der Waals surface area contributed by atoms with Crippen molar-refractivity contribution < 1.29 is 4.79 Å². The predicted molar refractivity (Wildman–Crippen MR) is 58.5 cm³/mol. The Morgan fingerprint density at radius 2 is 1.57 bits per heavy atom. The molecule has 2 amide bonds. The summed E-state index contributed by atoms with van der Waals surface area (Å²) in [6, 6.07) is -0.545. The second-order valence-corrected chi connectivity index (χ2v) is 3.65. The van der Waals surface area contributed by atoms with Crippen LogP contribution < -0.4 is 11.6 Å². The van der Waals surface area contributed by atoms with Gasteiger partial charge in [-0.25, -0.2) is 10.6 Å². The molecule has 0 atom stereocenters. The average Bonchev–Trinajstić information content (AvgIpc) is 2.16. The summed E-state index contributed by atoms with van der Waals surface area (Å²) in [6.45, 7) is 2.78. The van der Waals surface area contributed by atoms with Gasteiger partial charge in [-0.15, -0.1) is 0 Å². The van der Waals surface area contributed by atoms with Crippen LogP contribution in [0.1, 0.15) is 51.9 Å². The molecule has 0 heterocycles. The number of primary amides is 1. The minimum atomic E-state index is -0.545. The van der Waals surface area contributed by atoms with Gasteiger partial charge in [-0.1, -0.05) is 45.4 Å². The van der Waals surface area contributed by atoms with Gasteiger partial charge in [0, 0.05) is 6.54 Å². The zero-order chi connectivity index (χ0) is 10.8. The van der Waals surface area contributed by atoms with Crippen LogP contribution in [0.4, 0.5) is 4.79 Å². The number of carbonyl (C=O) groups excluding carboxylic acids is 1. The average molecular weight is 201 g/mol. The van der Waals surface area contributed by atoms with E-state index in [1.54, 1.807) is 0 Å². The molecule has 0 radical (unpaired) electrons. The summed E-state index contributed by atoms with van der Waals surface area (Å²) in [5.41, 5.74) is 4.98. The fraction of sp³-hybridized carbons (Fsp3) is 0.900. The van der Waals surface area contributed by atoms with Crippen LogP contribution >= 0.6 is 0 Å². The summed E-state index contributed by atoms with van der Waals surface area (Å²) in [5.74, 6) is 5.34. The van der Waals surface area contributed by atoms with E-state index < -0.39 is 6.03 Å². The van der Waals surface area contributed by atoms with Crippen molar-refractivity contribution in [3.63, 3.8) is 0 Å². The number of unbranched alkanes of at least 4 members (excludes halogenated alkanes) is 6. The lowest BCUT2D eigenvalue weighted by molar-refractivity contribution is 0.207. The third-order valence-electron chi connectivity index (χ3n) is 2.29. The van der Waals surface area contributed by atoms with Gasteiger partial charge in [0.15, 0.2) is 0 Å². The highest BCUT2D eigenvalue weighted by atomic mass is 16.2. The van der Waals surface area contributed by atoms with Crippen LogP contribution in [0.25, 0.3) is 0 Å². The van der Waals surface area contributed by atoms with Crippen molar-refractivity contribution >= 4 is 6.03 Å². The second-order valence-electron chi connectivity index (χ2n) is 3.65. The monoisotopic (exact) mass is 201 g/mol. The van der Waals surface area contributed by atoms with E-state index in [9.17, 15) is 4.79 Å². The number of urea groups is 1. The van der Waals surface area contributed by atoms with Crippen molar-refractivity contribution in [3.05, 3.63) is 0 Å². The Bertz CT molecular complexity index is 150. The molecule has 0 spiro atoms. The molecular weight excluding hydrogens is 178 g/mol. The molecule has 0 aliphatic carbocycles. The summed E-state index contributed by atoms with van der Waals surface area (Å²) in [6.07, 6.45) is 8.51. The fourth-order valence-corrected chi connectivity index (χ4v) is 1.35. The number of hydrazine groups is 1. The number of hydrogen-bond acceptors (Lipinski definition) is 2. The Kier molecular flexibility index (Phi) is 8.33. The first-order valence-corrected chi connectivity index (χ1v) is 5.50. The molecule has 0 aromatic heterocycles. The Balaban J connectivity index is 3.09. The van der Waals surface area contributed by atoms with Crippen LogP contribution in [-0.2, 0) is 0 Å². The molecule has 0 aliphatic heterocycles. The maximum atomic E-state index is 10.5. The van der Waals surface area contributed by atoms with Crippen molar-refractivity contribution in [1.82, 2.24) is 5.01 Å². The number of amides is 2. The van der Waals surface area contributed by atoms with E-state index in [4.69, 9.17) is 11.6 Å². The molecule has 0 aliphatic rings. The SMILES string of the molecule is CCCCCCCCCN(N)C(N)=O. The van der Waals surface area contributed by atoms with Crippen LogP contribution in [0.5, 0.6) is 0 Å². The first-order chi connectivity index (χ1) is 6.68. The largest absolute Gasteiger partial charge is 0.350 e. The van der Waals surface area contributed by atoms with Gasteiger partial charge in [0.05, 0.1) is 0 Å². The lowest BCUT2D eigenvalue weighted by atomic mass is 10.1. The highest BCUT2D eigenvalue weighted by molar-refractivity contribution is 5.71. The summed E-state index contributed by atoms with van der Waals surface area (Å²) in [4.78, 5) is 10.5. The molecule has 0 aromatic rings. The van der Waals surface area contributed by atoms with Crippen LogP contribution in [0.2, 0.25) is 0 Å². The second kappa shape index (κ2) is 8.81. The third kappa shape index (κ3) is 7.86. The first-order valence-electron chi connectivity index (χ1n) is 5.50. The van der Waals surface area contributed by atoms with E-state index in [-0.39, 0.29) is 0 Å². The van der Waals surface area contributed by atoms with Gasteiger partial charge in [-0.2, -0.15) is 0 Å². The molecule has 84 valence electrons. The minimum absolute atomic E-state index is 0.545. The summed E-state index contributed by atoms with van der Waals surface area (Å²) in [5, 5.41) is 1.08. The van der Waals surface area contributed by atoms with Crippen LogP contribution in [-0.4, -0.2) is 17.6 Å². The topological polar surface area (TPSA) is 72.3 Å². The van der Waals surface area contributed by atoms with Crippen LogP contribution in [0, 0.1) is 0 Å². The molecular formula is C10H23N3O. The number of nitrogens with two attached hydrogens (primary N) is 2. The van der Waals surface area contributed by atoms with Gasteiger partial charge < -0.3 is 5.73 Å². The number of nitrogens with zero attached hydrogens (tertiary/aromatic N) is 1. The van der Waals surface area contributed by atoms with E-state index in [1.165, 1.54) is 32.1 Å². The Hall–Kier alpha value is -0.770. The summed E-state index contributed by atoms with van der Waals surface area (Å²) in [7, 11) is 0. The van der Waals surface area contributed by atoms with E-state index in [0.717, 1.165) is 17.9 Å². The van der Waals surface area contributed by atoms with Gasteiger partial charge in [0.25, 0.3) is 0 Å². The molecule has 0 fully saturated rings.